The number of halogens is 2. The number of hydrogen-bond donors (Lipinski definition) is 0. The number of nitrogens with zero attached hydrogens (tertiary/aromatic N) is 2. The molecule has 5 heteroatoms. The molecule has 1 fully saturated rings. The first kappa shape index (κ1) is 18.4. The van der Waals surface area contributed by atoms with Crippen LogP contribution in [0.1, 0.15) is 25.3 Å². The number of pyridine rings is 1. The first-order chi connectivity index (χ1) is 13.1. The van der Waals surface area contributed by atoms with Crippen molar-refractivity contribution in [3.8, 4) is 5.75 Å². The van der Waals surface area contributed by atoms with Crippen LogP contribution in [0.25, 0.3) is 10.9 Å². The van der Waals surface area contributed by atoms with Crippen molar-refractivity contribution in [2.24, 2.45) is 5.92 Å². The van der Waals surface area contributed by atoms with Gasteiger partial charge in [0.2, 0.25) is 0 Å². The number of para-hydroxylation sites is 1. The Bertz CT molecular complexity index is 960. The minimum Gasteiger partial charge on any atom is -0.487 e. The summed E-state index contributed by atoms with van der Waals surface area (Å²) in [4.78, 5) is 7.31. The van der Waals surface area contributed by atoms with E-state index in [9.17, 15) is 0 Å². The van der Waals surface area contributed by atoms with Crippen molar-refractivity contribution in [1.29, 1.82) is 0 Å². The fraction of sp³-hybridized carbons (Fsp3) is 0.318. The number of aromatic nitrogens is 1. The van der Waals surface area contributed by atoms with Crippen LogP contribution >= 0.6 is 23.2 Å². The van der Waals surface area contributed by atoms with E-state index in [0.29, 0.717) is 22.6 Å². The molecule has 4 rings (SSSR count). The van der Waals surface area contributed by atoms with Crippen LogP contribution in [0.4, 0.5) is 5.82 Å². The Labute approximate surface area is 169 Å². The summed E-state index contributed by atoms with van der Waals surface area (Å²) in [5.41, 5.74) is 1.87. The minimum absolute atomic E-state index is 0.419. The molecule has 0 amide bonds. The molecule has 2 aromatic carbocycles. The van der Waals surface area contributed by atoms with E-state index in [0.717, 1.165) is 41.1 Å². The number of ether oxygens (including phenoxy) is 1. The quantitative estimate of drug-likeness (QED) is 0.509. The van der Waals surface area contributed by atoms with Gasteiger partial charge in [0.25, 0.3) is 0 Å². The van der Waals surface area contributed by atoms with Gasteiger partial charge < -0.3 is 9.64 Å². The monoisotopic (exact) mass is 400 g/mol. The highest BCUT2D eigenvalue weighted by molar-refractivity contribution is 6.42. The van der Waals surface area contributed by atoms with Crippen molar-refractivity contribution in [3.05, 3.63) is 64.1 Å². The summed E-state index contributed by atoms with van der Waals surface area (Å²) >= 11 is 12.1. The Balaban J connectivity index is 1.60. The summed E-state index contributed by atoms with van der Waals surface area (Å²) in [5, 5.41) is 2.17. The molecule has 27 heavy (non-hydrogen) atoms. The number of hydrogen-bond acceptors (Lipinski definition) is 3. The molecule has 0 radical (unpaired) electrons. The summed E-state index contributed by atoms with van der Waals surface area (Å²) in [6.45, 7) is 4.85. The van der Waals surface area contributed by atoms with Crippen molar-refractivity contribution in [3.63, 3.8) is 0 Å². The molecule has 0 saturated carbocycles. The average Bonchev–Trinajstić information content (AvgIpc) is 2.68. The zero-order chi connectivity index (χ0) is 18.8. The molecule has 3 nitrogen and oxygen atoms in total. The maximum absolute atomic E-state index is 6.10. The van der Waals surface area contributed by atoms with Crippen LogP contribution < -0.4 is 9.64 Å². The summed E-state index contributed by atoms with van der Waals surface area (Å²) in [7, 11) is 0. The molecule has 2 heterocycles. The highest BCUT2D eigenvalue weighted by Crippen LogP contribution is 2.29. The van der Waals surface area contributed by atoms with E-state index in [1.807, 2.05) is 24.3 Å². The fourth-order valence-electron chi connectivity index (χ4n) is 3.59. The molecule has 0 N–H and O–H groups in total. The summed E-state index contributed by atoms with van der Waals surface area (Å²) in [6.07, 6.45) is 2.51. The van der Waals surface area contributed by atoms with Crippen LogP contribution in [0, 0.1) is 5.92 Å². The molecule has 3 aromatic rings. The van der Waals surface area contributed by atoms with Crippen molar-refractivity contribution in [2.45, 2.75) is 26.4 Å². The van der Waals surface area contributed by atoms with Crippen LogP contribution in [0.5, 0.6) is 5.75 Å². The van der Waals surface area contributed by atoms with E-state index in [4.69, 9.17) is 32.9 Å². The first-order valence-electron chi connectivity index (χ1n) is 9.31. The molecule has 1 aliphatic heterocycles. The molecule has 140 valence electrons. The fourth-order valence-corrected chi connectivity index (χ4v) is 3.91. The van der Waals surface area contributed by atoms with E-state index in [1.54, 1.807) is 6.07 Å². The second-order valence-corrected chi connectivity index (χ2v) is 8.04. The van der Waals surface area contributed by atoms with Crippen LogP contribution in [-0.4, -0.2) is 18.1 Å². The Kier molecular flexibility index (Phi) is 5.42. The summed E-state index contributed by atoms with van der Waals surface area (Å²) < 4.78 is 6.08. The van der Waals surface area contributed by atoms with Gasteiger partial charge in [-0.2, -0.15) is 0 Å². The second kappa shape index (κ2) is 7.95. The van der Waals surface area contributed by atoms with Gasteiger partial charge in [0.05, 0.1) is 10.0 Å². The molecule has 1 unspecified atom stereocenters. The van der Waals surface area contributed by atoms with Crippen molar-refractivity contribution >= 4 is 39.9 Å². The lowest BCUT2D eigenvalue weighted by molar-refractivity contribution is 0.309. The lowest BCUT2D eigenvalue weighted by atomic mass is 10.0. The first-order valence-corrected chi connectivity index (χ1v) is 10.1. The lowest BCUT2D eigenvalue weighted by Gasteiger charge is -2.32. The predicted octanol–water partition coefficient (Wildman–Crippen LogP) is 6.36. The van der Waals surface area contributed by atoms with Gasteiger partial charge in [-0.05, 0) is 54.7 Å². The third-order valence-electron chi connectivity index (χ3n) is 5.03. The highest BCUT2D eigenvalue weighted by Gasteiger charge is 2.18. The minimum atomic E-state index is 0.419. The van der Waals surface area contributed by atoms with Gasteiger partial charge in [-0.25, -0.2) is 4.98 Å². The maximum Gasteiger partial charge on any atom is 0.146 e. The molecule has 0 spiro atoms. The van der Waals surface area contributed by atoms with Crippen LogP contribution in [0.2, 0.25) is 10.0 Å². The molecule has 1 saturated heterocycles. The number of anilines is 1. The van der Waals surface area contributed by atoms with Gasteiger partial charge in [-0.1, -0.05) is 48.3 Å². The van der Waals surface area contributed by atoms with Gasteiger partial charge in [-0.3, -0.25) is 0 Å². The van der Waals surface area contributed by atoms with Crippen molar-refractivity contribution in [2.75, 3.05) is 18.0 Å². The van der Waals surface area contributed by atoms with Gasteiger partial charge in [0.1, 0.15) is 23.7 Å². The predicted molar refractivity (Wildman–Crippen MR) is 113 cm³/mol. The molecule has 1 atom stereocenters. The largest absolute Gasteiger partial charge is 0.487 e. The Morgan fingerprint density at radius 3 is 2.81 bits per heavy atom. The lowest BCUT2D eigenvalue weighted by Crippen LogP contribution is -2.34. The van der Waals surface area contributed by atoms with Crippen LogP contribution in [-0.2, 0) is 6.61 Å². The van der Waals surface area contributed by atoms with Crippen molar-refractivity contribution < 1.29 is 4.74 Å². The number of piperidine rings is 1. The average molecular weight is 401 g/mol. The van der Waals surface area contributed by atoms with Gasteiger partial charge in [0, 0.05) is 18.5 Å². The zero-order valence-corrected chi connectivity index (χ0v) is 16.8. The molecule has 0 aliphatic carbocycles. The number of fused-ring (bicyclic) bond motifs is 1. The van der Waals surface area contributed by atoms with Crippen molar-refractivity contribution in [1.82, 2.24) is 4.98 Å². The van der Waals surface area contributed by atoms with E-state index in [2.05, 4.69) is 30.0 Å². The second-order valence-electron chi connectivity index (χ2n) is 7.23. The smallest absolute Gasteiger partial charge is 0.146 e. The van der Waals surface area contributed by atoms with Crippen LogP contribution in [0.3, 0.4) is 0 Å². The van der Waals surface area contributed by atoms with E-state index >= 15 is 0 Å². The maximum atomic E-state index is 6.10. The number of benzene rings is 2. The standard InChI is InChI=1S/C22H22Cl2N2O/c1-15-4-3-11-26(13-15)21-10-8-17-5-2-6-20(22(17)25-21)27-14-16-7-9-18(23)19(24)12-16/h2,5-10,12,15H,3-4,11,13-14H2,1H3. The Hall–Kier alpha value is -1.97. The Morgan fingerprint density at radius 2 is 2.00 bits per heavy atom. The molecular weight excluding hydrogens is 379 g/mol. The normalized spacial score (nSPS) is 17.3. The third kappa shape index (κ3) is 4.15. The molecule has 1 aliphatic rings. The summed E-state index contributed by atoms with van der Waals surface area (Å²) in [6, 6.07) is 15.8. The summed E-state index contributed by atoms with van der Waals surface area (Å²) in [5.74, 6) is 2.52. The van der Waals surface area contributed by atoms with Crippen LogP contribution in [0.15, 0.2) is 48.5 Å². The van der Waals surface area contributed by atoms with Gasteiger partial charge in [-0.15, -0.1) is 0 Å². The van der Waals surface area contributed by atoms with E-state index in [1.165, 1.54) is 12.8 Å². The number of rotatable bonds is 4. The highest BCUT2D eigenvalue weighted by atomic mass is 35.5. The third-order valence-corrected chi connectivity index (χ3v) is 5.77. The molecule has 1 aromatic heterocycles. The zero-order valence-electron chi connectivity index (χ0n) is 15.3. The SMILES string of the molecule is CC1CCCN(c2ccc3cccc(OCc4ccc(Cl)c(Cl)c4)c3n2)C1. The topological polar surface area (TPSA) is 25.4 Å². The van der Waals surface area contributed by atoms with Gasteiger partial charge in [0.15, 0.2) is 0 Å². The Morgan fingerprint density at radius 1 is 1.11 bits per heavy atom. The van der Waals surface area contributed by atoms with E-state index < -0.39 is 0 Å². The van der Waals surface area contributed by atoms with E-state index in [-0.39, 0.29) is 0 Å². The molecule has 0 bridgehead atoms. The molecular formula is C22H22Cl2N2O. The van der Waals surface area contributed by atoms with Gasteiger partial charge >= 0.3 is 0 Å².